The monoisotopic (exact) mass is 209 g/mol. The van der Waals surface area contributed by atoms with Gasteiger partial charge in [-0.25, -0.2) is 0 Å². The maximum absolute atomic E-state index is 11.2. The summed E-state index contributed by atoms with van der Waals surface area (Å²) in [5.41, 5.74) is 0. The summed E-state index contributed by atoms with van der Waals surface area (Å²) in [5.74, 6) is 0.362. The molecule has 0 aliphatic heterocycles. The lowest BCUT2D eigenvalue weighted by atomic mass is 10.0. The van der Waals surface area contributed by atoms with Crippen LogP contribution in [0.25, 0.3) is 0 Å². The molecule has 0 amide bonds. The zero-order valence-electron chi connectivity index (χ0n) is 8.79. The maximum atomic E-state index is 11.2. The molecule has 4 heteroatoms. The standard InChI is InChI=1S/C9H19NO2.ClH/c1-5-12-9(11)8(10-4)6-7(2)3;/h7-8,10H,5-6H2,1-4H3;1H/t8-;/m0./s1. The Balaban J connectivity index is 0. The second-order valence-electron chi connectivity index (χ2n) is 3.22. The van der Waals surface area contributed by atoms with Gasteiger partial charge >= 0.3 is 5.97 Å². The molecule has 0 aromatic carbocycles. The second-order valence-corrected chi connectivity index (χ2v) is 3.22. The van der Waals surface area contributed by atoms with Gasteiger partial charge in [-0.15, -0.1) is 12.4 Å². The molecular formula is C9H20ClNO2. The molecule has 0 heterocycles. The van der Waals surface area contributed by atoms with Gasteiger partial charge in [0.15, 0.2) is 0 Å². The van der Waals surface area contributed by atoms with E-state index >= 15 is 0 Å². The number of nitrogens with one attached hydrogen (secondary N) is 1. The van der Waals surface area contributed by atoms with Crippen LogP contribution >= 0.6 is 12.4 Å². The van der Waals surface area contributed by atoms with E-state index in [0.29, 0.717) is 12.5 Å². The Morgan fingerprint density at radius 2 is 2.00 bits per heavy atom. The van der Waals surface area contributed by atoms with Gasteiger partial charge in [0.1, 0.15) is 6.04 Å². The molecule has 0 radical (unpaired) electrons. The van der Waals surface area contributed by atoms with E-state index in [4.69, 9.17) is 4.74 Å². The zero-order valence-corrected chi connectivity index (χ0v) is 9.61. The molecule has 0 spiro atoms. The van der Waals surface area contributed by atoms with Gasteiger partial charge in [-0.3, -0.25) is 4.79 Å². The average Bonchev–Trinajstić information content (AvgIpc) is 2.00. The number of likely N-dealkylation sites (N-methyl/N-ethyl adjacent to an activating group) is 1. The van der Waals surface area contributed by atoms with Gasteiger partial charge in [-0.1, -0.05) is 13.8 Å². The summed E-state index contributed by atoms with van der Waals surface area (Å²) in [4.78, 5) is 11.2. The van der Waals surface area contributed by atoms with Crippen LogP contribution in [0.3, 0.4) is 0 Å². The van der Waals surface area contributed by atoms with Gasteiger partial charge < -0.3 is 10.1 Å². The Morgan fingerprint density at radius 3 is 2.31 bits per heavy atom. The van der Waals surface area contributed by atoms with E-state index in [-0.39, 0.29) is 24.4 Å². The molecule has 0 aromatic rings. The molecule has 0 aliphatic carbocycles. The Hall–Kier alpha value is -0.280. The lowest BCUT2D eigenvalue weighted by Gasteiger charge is -2.16. The van der Waals surface area contributed by atoms with Crippen molar-refractivity contribution < 1.29 is 9.53 Å². The van der Waals surface area contributed by atoms with E-state index in [0.717, 1.165) is 6.42 Å². The number of carbonyl (C=O) groups is 1. The fourth-order valence-corrected chi connectivity index (χ4v) is 1.05. The third-order valence-electron chi connectivity index (χ3n) is 1.63. The summed E-state index contributed by atoms with van der Waals surface area (Å²) >= 11 is 0. The molecule has 1 N–H and O–H groups in total. The van der Waals surface area contributed by atoms with Gasteiger partial charge in [-0.05, 0) is 26.3 Å². The van der Waals surface area contributed by atoms with E-state index < -0.39 is 0 Å². The van der Waals surface area contributed by atoms with Crippen molar-refractivity contribution in [2.75, 3.05) is 13.7 Å². The van der Waals surface area contributed by atoms with Gasteiger partial charge in [0, 0.05) is 0 Å². The predicted molar refractivity (Wildman–Crippen MR) is 56.2 cm³/mol. The molecule has 13 heavy (non-hydrogen) atoms. The van der Waals surface area contributed by atoms with Gasteiger partial charge in [-0.2, -0.15) is 0 Å². The molecule has 1 atom stereocenters. The van der Waals surface area contributed by atoms with E-state index in [2.05, 4.69) is 19.2 Å². The van der Waals surface area contributed by atoms with Crippen molar-refractivity contribution in [3.05, 3.63) is 0 Å². The molecule has 0 bridgehead atoms. The number of hydrogen-bond donors (Lipinski definition) is 1. The summed E-state index contributed by atoms with van der Waals surface area (Å²) < 4.78 is 4.89. The normalized spacial score (nSPS) is 12.1. The fourth-order valence-electron chi connectivity index (χ4n) is 1.05. The lowest BCUT2D eigenvalue weighted by Crippen LogP contribution is -2.36. The first-order valence-corrected chi connectivity index (χ1v) is 4.45. The van der Waals surface area contributed by atoms with Crippen LogP contribution in [0.2, 0.25) is 0 Å². The number of halogens is 1. The molecule has 80 valence electrons. The van der Waals surface area contributed by atoms with Crippen LogP contribution in [0.1, 0.15) is 27.2 Å². The van der Waals surface area contributed by atoms with Crippen LogP contribution in [0.4, 0.5) is 0 Å². The molecule has 0 rings (SSSR count). The molecule has 0 unspecified atom stereocenters. The Kier molecular flexibility index (Phi) is 9.74. The van der Waals surface area contributed by atoms with Crippen LogP contribution in [0.5, 0.6) is 0 Å². The van der Waals surface area contributed by atoms with Gasteiger partial charge in [0.25, 0.3) is 0 Å². The van der Waals surface area contributed by atoms with Gasteiger partial charge in [0.05, 0.1) is 6.61 Å². The summed E-state index contributed by atoms with van der Waals surface area (Å²) in [6, 6.07) is -0.148. The highest BCUT2D eigenvalue weighted by Crippen LogP contribution is 2.05. The van der Waals surface area contributed by atoms with Crippen molar-refractivity contribution in [3.8, 4) is 0 Å². The van der Waals surface area contributed by atoms with E-state index in [1.807, 2.05) is 6.92 Å². The second kappa shape index (κ2) is 8.32. The largest absolute Gasteiger partial charge is 0.465 e. The highest BCUT2D eigenvalue weighted by atomic mass is 35.5. The van der Waals surface area contributed by atoms with Crippen molar-refractivity contribution in [1.82, 2.24) is 5.32 Å². The number of hydrogen-bond acceptors (Lipinski definition) is 3. The van der Waals surface area contributed by atoms with Crippen LogP contribution in [-0.4, -0.2) is 25.7 Å². The smallest absolute Gasteiger partial charge is 0.323 e. The number of ether oxygens (including phenoxy) is 1. The first-order valence-electron chi connectivity index (χ1n) is 4.45. The van der Waals surface area contributed by atoms with Crippen molar-refractivity contribution >= 4 is 18.4 Å². The highest BCUT2D eigenvalue weighted by molar-refractivity contribution is 5.85. The minimum absolute atomic E-state index is 0. The van der Waals surface area contributed by atoms with Crippen LogP contribution in [0.15, 0.2) is 0 Å². The van der Waals surface area contributed by atoms with Crippen LogP contribution < -0.4 is 5.32 Å². The molecule has 0 saturated heterocycles. The summed E-state index contributed by atoms with van der Waals surface area (Å²) in [6.45, 7) is 6.45. The molecular weight excluding hydrogens is 190 g/mol. The lowest BCUT2D eigenvalue weighted by molar-refractivity contribution is -0.145. The number of carbonyl (C=O) groups excluding carboxylic acids is 1. The summed E-state index contributed by atoms with van der Waals surface area (Å²) in [6.07, 6.45) is 0.829. The molecule has 0 aromatic heterocycles. The number of rotatable bonds is 5. The van der Waals surface area contributed by atoms with E-state index in [1.165, 1.54) is 0 Å². The summed E-state index contributed by atoms with van der Waals surface area (Å²) in [5, 5.41) is 2.94. The van der Waals surface area contributed by atoms with Crippen molar-refractivity contribution in [2.24, 2.45) is 5.92 Å². The topological polar surface area (TPSA) is 38.3 Å². The molecule has 0 aliphatic rings. The van der Waals surface area contributed by atoms with Crippen molar-refractivity contribution in [1.29, 1.82) is 0 Å². The van der Waals surface area contributed by atoms with Crippen molar-refractivity contribution in [3.63, 3.8) is 0 Å². The Labute approximate surface area is 86.6 Å². The minimum atomic E-state index is -0.148. The molecule has 0 saturated carbocycles. The maximum Gasteiger partial charge on any atom is 0.323 e. The minimum Gasteiger partial charge on any atom is -0.465 e. The third kappa shape index (κ3) is 6.84. The first-order chi connectivity index (χ1) is 5.61. The van der Waals surface area contributed by atoms with Crippen molar-refractivity contribution in [2.45, 2.75) is 33.2 Å². The average molecular weight is 210 g/mol. The predicted octanol–water partition coefficient (Wildman–Crippen LogP) is 1.61. The fraction of sp³-hybridized carbons (Fsp3) is 0.889. The van der Waals surface area contributed by atoms with Gasteiger partial charge in [0.2, 0.25) is 0 Å². The third-order valence-corrected chi connectivity index (χ3v) is 1.63. The van der Waals surface area contributed by atoms with E-state index in [9.17, 15) is 4.79 Å². The number of esters is 1. The molecule has 0 fully saturated rings. The zero-order chi connectivity index (χ0) is 9.56. The highest BCUT2D eigenvalue weighted by Gasteiger charge is 2.18. The molecule has 3 nitrogen and oxygen atoms in total. The quantitative estimate of drug-likeness (QED) is 0.700. The van der Waals surface area contributed by atoms with Crippen LogP contribution in [-0.2, 0) is 9.53 Å². The Bertz CT molecular complexity index is 140. The first kappa shape index (κ1) is 15.2. The SMILES string of the molecule is CCOC(=O)[C@H](CC(C)C)NC.Cl. The summed E-state index contributed by atoms with van der Waals surface area (Å²) in [7, 11) is 1.78. The Morgan fingerprint density at radius 1 is 1.46 bits per heavy atom. The van der Waals surface area contributed by atoms with Crippen LogP contribution in [0, 0.1) is 5.92 Å². The van der Waals surface area contributed by atoms with E-state index in [1.54, 1.807) is 7.05 Å².